The molecule has 0 aliphatic rings. The Hall–Kier alpha value is -3.22. The van der Waals surface area contributed by atoms with Crippen LogP contribution in [-0.2, 0) is 4.79 Å². The Morgan fingerprint density at radius 1 is 1.22 bits per heavy atom. The molecule has 1 aromatic heterocycles. The molecule has 0 saturated heterocycles. The van der Waals surface area contributed by atoms with Crippen molar-refractivity contribution in [2.45, 2.75) is 0 Å². The second kappa shape index (κ2) is 8.28. The number of amides is 2. The summed E-state index contributed by atoms with van der Waals surface area (Å²) >= 11 is 0. The van der Waals surface area contributed by atoms with Gasteiger partial charge >= 0.3 is 0 Å². The van der Waals surface area contributed by atoms with Gasteiger partial charge in [-0.2, -0.15) is 5.10 Å². The minimum Gasteiger partial charge on any atom is -0.376 e. The normalized spacial score (nSPS) is 10.3. The number of anilines is 1. The lowest BCUT2D eigenvalue weighted by molar-refractivity contribution is -0.119. The topological polar surface area (TPSA) is 95.5 Å². The van der Waals surface area contributed by atoms with E-state index in [-0.39, 0.29) is 18.4 Å². The predicted molar refractivity (Wildman–Crippen MR) is 88.3 cm³/mol. The van der Waals surface area contributed by atoms with Crippen molar-refractivity contribution >= 4 is 23.7 Å². The maximum Gasteiger partial charge on any atom is 0.259 e. The molecule has 2 amide bonds. The summed E-state index contributed by atoms with van der Waals surface area (Å²) in [5, 5.41) is 9.34. The summed E-state index contributed by atoms with van der Waals surface area (Å²) in [6, 6.07) is 10.4. The summed E-state index contributed by atoms with van der Waals surface area (Å²) in [6.07, 6.45) is 4.82. The molecular weight excluding hydrogens is 294 g/mol. The molecule has 3 N–H and O–H groups in total. The van der Waals surface area contributed by atoms with Crippen molar-refractivity contribution in [1.29, 1.82) is 0 Å². The Bertz CT molecular complexity index is 701. The first-order valence-corrected chi connectivity index (χ1v) is 6.97. The number of carbonyl (C=O) groups is 2. The summed E-state index contributed by atoms with van der Waals surface area (Å²) in [7, 11) is 1.57. The quantitative estimate of drug-likeness (QED) is 0.548. The van der Waals surface area contributed by atoms with Gasteiger partial charge in [-0.1, -0.05) is 6.07 Å². The first kappa shape index (κ1) is 16.2. The Morgan fingerprint density at radius 2 is 2.00 bits per heavy atom. The van der Waals surface area contributed by atoms with Gasteiger partial charge in [0.05, 0.1) is 12.8 Å². The molecule has 0 bridgehead atoms. The van der Waals surface area contributed by atoms with Crippen molar-refractivity contribution in [2.24, 2.45) is 5.10 Å². The number of hydrogen-bond donors (Lipinski definition) is 3. The molecule has 2 aromatic rings. The van der Waals surface area contributed by atoms with Gasteiger partial charge < -0.3 is 10.6 Å². The summed E-state index contributed by atoms with van der Waals surface area (Å²) in [4.78, 5) is 27.1. The highest BCUT2D eigenvalue weighted by molar-refractivity contribution is 5.95. The maximum atomic E-state index is 11.7. The molecule has 7 nitrogen and oxygen atoms in total. The fourth-order valence-corrected chi connectivity index (χ4v) is 1.76. The van der Waals surface area contributed by atoms with E-state index in [0.29, 0.717) is 11.3 Å². The molecule has 118 valence electrons. The highest BCUT2D eigenvalue weighted by atomic mass is 16.2. The summed E-state index contributed by atoms with van der Waals surface area (Å²) in [5.41, 5.74) is 4.46. The van der Waals surface area contributed by atoms with Crippen LogP contribution in [-0.4, -0.2) is 36.6 Å². The SMILES string of the molecule is CNC(=O)c1cccc(NCC(=O)N/N=C/c2ccncc2)c1. The predicted octanol–water partition coefficient (Wildman–Crippen LogP) is 1.00. The van der Waals surface area contributed by atoms with Gasteiger partial charge in [-0.25, -0.2) is 5.43 Å². The van der Waals surface area contributed by atoms with Crippen molar-refractivity contribution in [3.05, 3.63) is 59.9 Å². The number of hydrazone groups is 1. The highest BCUT2D eigenvalue weighted by Crippen LogP contribution is 2.10. The average molecular weight is 311 g/mol. The van der Waals surface area contributed by atoms with E-state index in [1.54, 1.807) is 55.8 Å². The Kier molecular flexibility index (Phi) is 5.81. The van der Waals surface area contributed by atoms with Crippen LogP contribution in [0.15, 0.2) is 53.9 Å². The summed E-state index contributed by atoms with van der Waals surface area (Å²) < 4.78 is 0. The monoisotopic (exact) mass is 311 g/mol. The molecule has 0 spiro atoms. The highest BCUT2D eigenvalue weighted by Gasteiger charge is 2.04. The molecule has 1 heterocycles. The number of carbonyl (C=O) groups excluding carboxylic acids is 2. The zero-order valence-electron chi connectivity index (χ0n) is 12.6. The van der Waals surface area contributed by atoms with Crippen LogP contribution in [0.2, 0.25) is 0 Å². The fraction of sp³-hybridized carbons (Fsp3) is 0.125. The molecule has 1 aromatic carbocycles. The number of hydrogen-bond acceptors (Lipinski definition) is 5. The van der Waals surface area contributed by atoms with Gasteiger partial charge in [-0.15, -0.1) is 0 Å². The Labute approximate surface area is 133 Å². The third-order valence-corrected chi connectivity index (χ3v) is 2.91. The first-order valence-electron chi connectivity index (χ1n) is 6.97. The lowest BCUT2D eigenvalue weighted by Gasteiger charge is -2.07. The lowest BCUT2D eigenvalue weighted by Crippen LogP contribution is -2.26. The molecule has 0 fully saturated rings. The van der Waals surface area contributed by atoms with Gasteiger partial charge in [0.1, 0.15) is 0 Å². The van der Waals surface area contributed by atoms with E-state index in [2.05, 4.69) is 26.1 Å². The number of nitrogens with zero attached hydrogens (tertiary/aromatic N) is 2. The molecule has 7 heteroatoms. The van der Waals surface area contributed by atoms with E-state index in [1.165, 1.54) is 6.21 Å². The van der Waals surface area contributed by atoms with Crippen molar-refractivity contribution in [3.63, 3.8) is 0 Å². The van der Waals surface area contributed by atoms with Crippen LogP contribution in [0.3, 0.4) is 0 Å². The van der Waals surface area contributed by atoms with E-state index in [0.717, 1.165) is 5.56 Å². The van der Waals surface area contributed by atoms with Gasteiger partial charge in [-0.3, -0.25) is 14.6 Å². The van der Waals surface area contributed by atoms with Crippen LogP contribution in [0.4, 0.5) is 5.69 Å². The fourth-order valence-electron chi connectivity index (χ4n) is 1.76. The third kappa shape index (κ3) is 5.24. The minimum absolute atomic E-state index is 0.0465. The summed E-state index contributed by atoms with van der Waals surface area (Å²) in [6.45, 7) is 0.0465. The summed E-state index contributed by atoms with van der Waals surface area (Å²) in [5.74, 6) is -0.472. The van der Waals surface area contributed by atoms with Gasteiger partial charge in [0, 0.05) is 30.7 Å². The van der Waals surface area contributed by atoms with Crippen molar-refractivity contribution in [2.75, 3.05) is 18.9 Å². The molecule has 2 rings (SSSR count). The molecule has 0 unspecified atom stereocenters. The average Bonchev–Trinajstić information content (AvgIpc) is 2.60. The zero-order chi connectivity index (χ0) is 16.5. The molecule has 23 heavy (non-hydrogen) atoms. The Morgan fingerprint density at radius 3 is 2.74 bits per heavy atom. The van der Waals surface area contributed by atoms with E-state index in [4.69, 9.17) is 0 Å². The van der Waals surface area contributed by atoms with Crippen LogP contribution in [0.1, 0.15) is 15.9 Å². The van der Waals surface area contributed by atoms with Crippen LogP contribution in [0.5, 0.6) is 0 Å². The second-order valence-electron chi connectivity index (χ2n) is 4.59. The minimum atomic E-state index is -0.291. The lowest BCUT2D eigenvalue weighted by atomic mass is 10.2. The largest absolute Gasteiger partial charge is 0.376 e. The van der Waals surface area contributed by atoms with Crippen molar-refractivity contribution in [3.8, 4) is 0 Å². The molecule has 0 radical (unpaired) electrons. The van der Waals surface area contributed by atoms with Gasteiger partial charge in [0.2, 0.25) is 0 Å². The number of aromatic nitrogens is 1. The van der Waals surface area contributed by atoms with E-state index in [1.807, 2.05) is 0 Å². The molecule has 0 aliphatic heterocycles. The molecule has 0 aliphatic carbocycles. The van der Waals surface area contributed by atoms with Crippen molar-refractivity contribution < 1.29 is 9.59 Å². The molecule has 0 atom stereocenters. The van der Waals surface area contributed by atoms with E-state index < -0.39 is 0 Å². The van der Waals surface area contributed by atoms with Crippen LogP contribution < -0.4 is 16.1 Å². The van der Waals surface area contributed by atoms with Gasteiger partial charge in [-0.05, 0) is 35.9 Å². The van der Waals surface area contributed by atoms with Gasteiger partial charge in [0.25, 0.3) is 11.8 Å². The van der Waals surface area contributed by atoms with E-state index in [9.17, 15) is 9.59 Å². The Balaban J connectivity index is 1.82. The van der Waals surface area contributed by atoms with Crippen LogP contribution >= 0.6 is 0 Å². The maximum absolute atomic E-state index is 11.7. The molecular formula is C16H17N5O2. The van der Waals surface area contributed by atoms with Crippen LogP contribution in [0, 0.1) is 0 Å². The smallest absolute Gasteiger partial charge is 0.259 e. The van der Waals surface area contributed by atoms with E-state index >= 15 is 0 Å². The van der Waals surface area contributed by atoms with Gasteiger partial charge in [0.15, 0.2) is 0 Å². The number of nitrogens with one attached hydrogen (secondary N) is 3. The van der Waals surface area contributed by atoms with Crippen molar-refractivity contribution in [1.82, 2.24) is 15.7 Å². The first-order chi connectivity index (χ1) is 11.2. The van der Waals surface area contributed by atoms with Crippen LogP contribution in [0.25, 0.3) is 0 Å². The molecule has 0 saturated carbocycles. The number of benzene rings is 1. The zero-order valence-corrected chi connectivity index (χ0v) is 12.6. The second-order valence-corrected chi connectivity index (χ2v) is 4.59. The number of pyridine rings is 1. The number of rotatable bonds is 6. The third-order valence-electron chi connectivity index (χ3n) is 2.91. The standard InChI is InChI=1S/C16H17N5O2/c1-17-16(23)13-3-2-4-14(9-13)19-11-15(22)21-20-10-12-5-7-18-8-6-12/h2-10,19H,11H2,1H3,(H,17,23)(H,21,22)/b20-10+.